The standard InChI is InChI=1S/C17H24BrNO/c1-11-8-7-9-13-12(2)10-16(3,4)19(14(11)13)15(20)17(5,6)18/h7-9,12H,10H2,1-6H3. The van der Waals surface area contributed by atoms with E-state index in [4.69, 9.17) is 0 Å². The molecule has 0 aromatic heterocycles. The molecule has 1 heterocycles. The van der Waals surface area contributed by atoms with E-state index in [9.17, 15) is 4.79 Å². The van der Waals surface area contributed by atoms with Gasteiger partial charge in [0, 0.05) is 5.54 Å². The van der Waals surface area contributed by atoms with Gasteiger partial charge in [-0.3, -0.25) is 4.79 Å². The molecule has 0 aliphatic carbocycles. The van der Waals surface area contributed by atoms with Gasteiger partial charge < -0.3 is 4.90 Å². The van der Waals surface area contributed by atoms with Gasteiger partial charge in [0.15, 0.2) is 0 Å². The first-order chi connectivity index (χ1) is 9.05. The summed E-state index contributed by atoms with van der Waals surface area (Å²) in [6, 6.07) is 6.34. The van der Waals surface area contributed by atoms with Gasteiger partial charge in [0.05, 0.1) is 10.0 Å². The molecule has 1 aromatic carbocycles. The van der Waals surface area contributed by atoms with Crippen LogP contribution in [0.15, 0.2) is 18.2 Å². The van der Waals surface area contributed by atoms with Gasteiger partial charge in [0.2, 0.25) is 5.91 Å². The maximum atomic E-state index is 12.9. The lowest BCUT2D eigenvalue weighted by molar-refractivity contribution is -0.121. The van der Waals surface area contributed by atoms with Crippen LogP contribution in [-0.2, 0) is 4.79 Å². The molecule has 0 N–H and O–H groups in total. The van der Waals surface area contributed by atoms with E-state index in [1.165, 1.54) is 11.1 Å². The SMILES string of the molecule is Cc1cccc2c1N(C(=O)C(C)(C)Br)C(C)(C)CC2C. The highest BCUT2D eigenvalue weighted by molar-refractivity contribution is 9.10. The van der Waals surface area contributed by atoms with E-state index in [1.54, 1.807) is 0 Å². The summed E-state index contributed by atoms with van der Waals surface area (Å²) in [6.45, 7) is 12.5. The molecule has 1 aliphatic heterocycles. The number of hydrogen-bond donors (Lipinski definition) is 0. The van der Waals surface area contributed by atoms with Gasteiger partial charge in [0.25, 0.3) is 0 Å². The van der Waals surface area contributed by atoms with Gasteiger partial charge >= 0.3 is 0 Å². The first-order valence-corrected chi connectivity index (χ1v) is 7.98. The number of halogens is 1. The Bertz CT molecular complexity index is 542. The number of carbonyl (C=O) groups is 1. The number of aryl methyl sites for hydroxylation is 1. The molecule has 0 fully saturated rings. The van der Waals surface area contributed by atoms with Crippen LogP contribution in [0.3, 0.4) is 0 Å². The van der Waals surface area contributed by atoms with Crippen LogP contribution in [0, 0.1) is 6.92 Å². The second-order valence-corrected chi connectivity index (χ2v) is 9.03. The third kappa shape index (κ3) is 2.52. The van der Waals surface area contributed by atoms with Crippen LogP contribution in [0.1, 0.15) is 58.1 Å². The quantitative estimate of drug-likeness (QED) is 0.675. The molecule has 1 unspecified atom stereocenters. The van der Waals surface area contributed by atoms with Crippen molar-refractivity contribution in [3.05, 3.63) is 29.3 Å². The molecule has 1 aromatic rings. The fraction of sp³-hybridized carbons (Fsp3) is 0.588. The van der Waals surface area contributed by atoms with Crippen molar-refractivity contribution in [3.63, 3.8) is 0 Å². The number of nitrogens with zero attached hydrogens (tertiary/aromatic N) is 1. The molecule has 0 bridgehead atoms. The maximum Gasteiger partial charge on any atom is 0.243 e. The zero-order chi connectivity index (χ0) is 15.3. The highest BCUT2D eigenvalue weighted by Crippen LogP contribution is 2.46. The molecule has 0 radical (unpaired) electrons. The van der Waals surface area contributed by atoms with Crippen molar-refractivity contribution in [2.24, 2.45) is 0 Å². The van der Waals surface area contributed by atoms with E-state index < -0.39 is 4.32 Å². The summed E-state index contributed by atoms with van der Waals surface area (Å²) in [5.74, 6) is 0.604. The average Bonchev–Trinajstić information content (AvgIpc) is 2.27. The van der Waals surface area contributed by atoms with Gasteiger partial charge in [-0.05, 0) is 58.1 Å². The molecule has 0 spiro atoms. The first-order valence-electron chi connectivity index (χ1n) is 7.19. The molecular formula is C17H24BrNO. The molecular weight excluding hydrogens is 314 g/mol. The van der Waals surface area contributed by atoms with Gasteiger partial charge in [0.1, 0.15) is 0 Å². The summed E-state index contributed by atoms with van der Waals surface area (Å²) in [4.78, 5) is 14.9. The molecule has 2 rings (SSSR count). The topological polar surface area (TPSA) is 20.3 Å². The van der Waals surface area contributed by atoms with Crippen LogP contribution >= 0.6 is 15.9 Å². The molecule has 20 heavy (non-hydrogen) atoms. The van der Waals surface area contributed by atoms with Crippen LogP contribution < -0.4 is 4.90 Å². The maximum absolute atomic E-state index is 12.9. The number of benzene rings is 1. The Hall–Kier alpha value is -0.830. The highest BCUT2D eigenvalue weighted by atomic mass is 79.9. The Morgan fingerprint density at radius 1 is 1.40 bits per heavy atom. The zero-order valence-electron chi connectivity index (χ0n) is 13.2. The number of rotatable bonds is 1. The number of hydrogen-bond acceptors (Lipinski definition) is 1. The second kappa shape index (κ2) is 4.87. The van der Waals surface area contributed by atoms with Crippen molar-refractivity contribution in [3.8, 4) is 0 Å². The molecule has 3 heteroatoms. The highest BCUT2D eigenvalue weighted by Gasteiger charge is 2.44. The Kier molecular flexibility index (Phi) is 3.79. The third-order valence-electron chi connectivity index (χ3n) is 4.15. The number of carbonyl (C=O) groups excluding carboxylic acids is 1. The Morgan fingerprint density at radius 2 is 2.00 bits per heavy atom. The fourth-order valence-corrected chi connectivity index (χ4v) is 3.46. The minimum absolute atomic E-state index is 0.130. The lowest BCUT2D eigenvalue weighted by atomic mass is 9.78. The van der Waals surface area contributed by atoms with Crippen molar-refractivity contribution < 1.29 is 4.79 Å². The minimum atomic E-state index is -0.551. The normalized spacial score (nSPS) is 21.6. The number of alkyl halides is 1. The minimum Gasteiger partial charge on any atom is -0.305 e. The van der Waals surface area contributed by atoms with Crippen molar-refractivity contribution in [2.45, 2.75) is 63.7 Å². The number of fused-ring (bicyclic) bond motifs is 1. The molecule has 1 amide bonds. The summed E-state index contributed by atoms with van der Waals surface area (Å²) in [6.07, 6.45) is 0.984. The van der Waals surface area contributed by atoms with Crippen molar-refractivity contribution in [1.82, 2.24) is 0 Å². The average molecular weight is 338 g/mol. The predicted molar refractivity (Wildman–Crippen MR) is 88.8 cm³/mol. The van der Waals surface area contributed by atoms with E-state index in [1.807, 2.05) is 18.7 Å². The summed E-state index contributed by atoms with van der Waals surface area (Å²) in [7, 11) is 0. The number of anilines is 1. The predicted octanol–water partition coefficient (Wildman–Crippen LogP) is 4.79. The Balaban J connectivity index is 2.66. The molecule has 110 valence electrons. The van der Waals surface area contributed by atoms with Crippen LogP contribution in [0.2, 0.25) is 0 Å². The third-order valence-corrected chi connectivity index (χ3v) is 4.49. The fourth-order valence-electron chi connectivity index (χ4n) is 3.28. The van der Waals surface area contributed by atoms with E-state index in [-0.39, 0.29) is 11.4 Å². The van der Waals surface area contributed by atoms with Crippen LogP contribution in [0.4, 0.5) is 5.69 Å². The largest absolute Gasteiger partial charge is 0.305 e. The van der Waals surface area contributed by atoms with E-state index in [0.717, 1.165) is 12.1 Å². The van der Waals surface area contributed by atoms with Gasteiger partial charge in [-0.1, -0.05) is 41.1 Å². The summed E-state index contributed by atoms with van der Waals surface area (Å²) in [5, 5.41) is 0. The van der Waals surface area contributed by atoms with Crippen molar-refractivity contribution >= 4 is 27.5 Å². The number of amides is 1. The van der Waals surface area contributed by atoms with Crippen LogP contribution in [0.25, 0.3) is 0 Å². The van der Waals surface area contributed by atoms with Crippen molar-refractivity contribution in [1.29, 1.82) is 0 Å². The first kappa shape index (κ1) is 15.6. The van der Waals surface area contributed by atoms with Crippen molar-refractivity contribution in [2.75, 3.05) is 4.90 Å². The van der Waals surface area contributed by atoms with Gasteiger partial charge in [-0.15, -0.1) is 0 Å². The smallest absolute Gasteiger partial charge is 0.243 e. The summed E-state index contributed by atoms with van der Waals surface area (Å²) >= 11 is 3.53. The lowest BCUT2D eigenvalue weighted by Gasteiger charge is -2.48. The van der Waals surface area contributed by atoms with Crippen LogP contribution in [0.5, 0.6) is 0 Å². The van der Waals surface area contributed by atoms with E-state index in [2.05, 4.69) is 61.8 Å². The van der Waals surface area contributed by atoms with Crippen LogP contribution in [-0.4, -0.2) is 15.8 Å². The Labute approximate surface area is 130 Å². The molecule has 0 saturated carbocycles. The molecule has 0 saturated heterocycles. The van der Waals surface area contributed by atoms with E-state index in [0.29, 0.717) is 5.92 Å². The molecule has 2 nitrogen and oxygen atoms in total. The molecule has 1 atom stereocenters. The van der Waals surface area contributed by atoms with E-state index >= 15 is 0 Å². The number of para-hydroxylation sites is 1. The summed E-state index contributed by atoms with van der Waals surface area (Å²) < 4.78 is -0.551. The Morgan fingerprint density at radius 3 is 2.55 bits per heavy atom. The van der Waals surface area contributed by atoms with Gasteiger partial charge in [-0.25, -0.2) is 0 Å². The molecule has 1 aliphatic rings. The summed E-state index contributed by atoms with van der Waals surface area (Å²) in [5.41, 5.74) is 3.40. The monoisotopic (exact) mass is 337 g/mol. The second-order valence-electron chi connectivity index (χ2n) is 7.04. The lowest BCUT2D eigenvalue weighted by Crippen LogP contribution is -2.56. The van der Waals surface area contributed by atoms with Gasteiger partial charge in [-0.2, -0.15) is 0 Å². The zero-order valence-corrected chi connectivity index (χ0v) is 14.8.